The molecule has 1 aromatic heterocycles. The van der Waals surface area contributed by atoms with Crippen LogP contribution in [-0.4, -0.2) is 27.5 Å². The fourth-order valence-electron chi connectivity index (χ4n) is 1.50. The standard InChI is InChI=1S/C13H14N2O3/c1-13(4-5-13)15-12(18)10-6-9(7-14-8-10)2-3-11(16)17/h2-3,6-8H,4-5H2,1H3,(H,15,18)(H,16,17)/b3-2+. The van der Waals surface area contributed by atoms with Gasteiger partial charge < -0.3 is 10.4 Å². The number of nitrogens with zero attached hydrogens (tertiary/aromatic N) is 1. The number of carbonyl (C=O) groups excluding carboxylic acids is 1. The maximum atomic E-state index is 11.9. The Labute approximate surface area is 105 Å². The highest BCUT2D eigenvalue weighted by Gasteiger charge is 2.38. The minimum absolute atomic E-state index is 0.0794. The molecule has 1 heterocycles. The zero-order valence-corrected chi connectivity index (χ0v) is 10.0. The molecule has 0 aromatic carbocycles. The third kappa shape index (κ3) is 3.16. The topological polar surface area (TPSA) is 79.3 Å². The van der Waals surface area contributed by atoms with Crippen molar-refractivity contribution in [3.05, 3.63) is 35.7 Å². The van der Waals surface area contributed by atoms with Gasteiger partial charge in [0.1, 0.15) is 0 Å². The molecule has 1 aliphatic carbocycles. The second-order valence-electron chi connectivity index (χ2n) is 4.69. The molecule has 2 rings (SSSR count). The average Bonchev–Trinajstić information content (AvgIpc) is 3.04. The van der Waals surface area contributed by atoms with Crippen LogP contribution in [0.5, 0.6) is 0 Å². The van der Waals surface area contributed by atoms with E-state index in [1.165, 1.54) is 18.5 Å². The first-order chi connectivity index (χ1) is 8.48. The van der Waals surface area contributed by atoms with Gasteiger partial charge in [0.05, 0.1) is 5.56 Å². The van der Waals surface area contributed by atoms with Gasteiger partial charge in [0, 0.05) is 24.0 Å². The van der Waals surface area contributed by atoms with Gasteiger partial charge in [0.25, 0.3) is 5.91 Å². The number of carboxylic acid groups (broad SMARTS) is 1. The Morgan fingerprint density at radius 2 is 2.17 bits per heavy atom. The van der Waals surface area contributed by atoms with Crippen molar-refractivity contribution in [2.45, 2.75) is 25.3 Å². The molecule has 0 saturated heterocycles. The molecule has 2 N–H and O–H groups in total. The summed E-state index contributed by atoms with van der Waals surface area (Å²) in [5.41, 5.74) is 0.950. The van der Waals surface area contributed by atoms with Gasteiger partial charge in [-0.3, -0.25) is 9.78 Å². The van der Waals surface area contributed by atoms with E-state index in [-0.39, 0.29) is 11.4 Å². The summed E-state index contributed by atoms with van der Waals surface area (Å²) in [5.74, 6) is -1.21. The molecule has 1 saturated carbocycles. The zero-order chi connectivity index (χ0) is 13.2. The van der Waals surface area contributed by atoms with Gasteiger partial charge in [-0.25, -0.2) is 4.79 Å². The van der Waals surface area contributed by atoms with Crippen LogP contribution in [0, 0.1) is 0 Å². The Bertz CT molecular complexity index is 519. The fourth-order valence-corrected chi connectivity index (χ4v) is 1.50. The highest BCUT2D eigenvalue weighted by atomic mass is 16.4. The van der Waals surface area contributed by atoms with Crippen molar-refractivity contribution in [1.82, 2.24) is 10.3 Å². The van der Waals surface area contributed by atoms with E-state index in [1.54, 1.807) is 6.07 Å². The lowest BCUT2D eigenvalue weighted by Gasteiger charge is -2.11. The molecule has 1 fully saturated rings. The fraction of sp³-hybridized carbons (Fsp3) is 0.308. The average molecular weight is 246 g/mol. The second kappa shape index (κ2) is 4.60. The largest absolute Gasteiger partial charge is 0.478 e. The second-order valence-corrected chi connectivity index (χ2v) is 4.69. The van der Waals surface area contributed by atoms with Crippen LogP contribution < -0.4 is 5.32 Å². The number of carboxylic acids is 1. The van der Waals surface area contributed by atoms with Gasteiger partial charge in [-0.15, -0.1) is 0 Å². The minimum atomic E-state index is -1.03. The van der Waals surface area contributed by atoms with E-state index in [4.69, 9.17) is 5.11 Å². The summed E-state index contributed by atoms with van der Waals surface area (Å²) in [6.45, 7) is 1.99. The van der Waals surface area contributed by atoms with Crippen LogP contribution in [0.1, 0.15) is 35.7 Å². The number of carbonyl (C=O) groups is 2. The molecule has 1 aromatic rings. The number of hydrogen-bond donors (Lipinski definition) is 2. The minimum Gasteiger partial charge on any atom is -0.478 e. The van der Waals surface area contributed by atoms with Crippen LogP contribution >= 0.6 is 0 Å². The van der Waals surface area contributed by atoms with Gasteiger partial charge >= 0.3 is 5.97 Å². The van der Waals surface area contributed by atoms with Gasteiger partial charge in [-0.1, -0.05) is 0 Å². The molecule has 5 heteroatoms. The first-order valence-electron chi connectivity index (χ1n) is 5.67. The molecule has 0 aliphatic heterocycles. The number of pyridine rings is 1. The van der Waals surface area contributed by atoms with Crippen molar-refractivity contribution in [3.63, 3.8) is 0 Å². The Kier molecular flexibility index (Phi) is 3.14. The molecule has 94 valence electrons. The van der Waals surface area contributed by atoms with Crippen molar-refractivity contribution >= 4 is 18.0 Å². The molecule has 18 heavy (non-hydrogen) atoms. The highest BCUT2D eigenvalue weighted by Crippen LogP contribution is 2.34. The van der Waals surface area contributed by atoms with E-state index in [1.807, 2.05) is 6.92 Å². The van der Waals surface area contributed by atoms with E-state index in [0.717, 1.165) is 18.9 Å². The Morgan fingerprint density at radius 1 is 1.44 bits per heavy atom. The summed E-state index contributed by atoms with van der Waals surface area (Å²) >= 11 is 0. The SMILES string of the molecule is CC1(NC(=O)c2cncc(/C=C/C(=O)O)c2)CC1. The van der Waals surface area contributed by atoms with Gasteiger partial charge in [-0.2, -0.15) is 0 Å². The zero-order valence-electron chi connectivity index (χ0n) is 10.0. The van der Waals surface area contributed by atoms with Crippen LogP contribution in [-0.2, 0) is 4.79 Å². The van der Waals surface area contributed by atoms with Crippen LogP contribution in [0.3, 0.4) is 0 Å². The third-order valence-corrected chi connectivity index (χ3v) is 2.86. The Morgan fingerprint density at radius 3 is 2.78 bits per heavy atom. The van der Waals surface area contributed by atoms with E-state index < -0.39 is 5.97 Å². The molecule has 5 nitrogen and oxygen atoms in total. The molecular weight excluding hydrogens is 232 g/mol. The van der Waals surface area contributed by atoms with E-state index in [9.17, 15) is 9.59 Å². The molecule has 0 radical (unpaired) electrons. The number of rotatable bonds is 4. The number of aromatic nitrogens is 1. The first kappa shape index (κ1) is 12.3. The van der Waals surface area contributed by atoms with Crippen molar-refractivity contribution in [2.75, 3.05) is 0 Å². The van der Waals surface area contributed by atoms with Gasteiger partial charge in [0.15, 0.2) is 0 Å². The summed E-state index contributed by atoms with van der Waals surface area (Å²) in [5, 5.41) is 11.4. The molecular formula is C13H14N2O3. The first-order valence-corrected chi connectivity index (χ1v) is 5.67. The predicted octanol–water partition coefficient (Wildman–Crippen LogP) is 1.46. The molecule has 0 unspecified atom stereocenters. The number of hydrogen-bond acceptors (Lipinski definition) is 3. The summed E-state index contributed by atoms with van der Waals surface area (Å²) < 4.78 is 0. The van der Waals surface area contributed by atoms with Crippen LogP contribution in [0.4, 0.5) is 0 Å². The molecule has 1 aliphatic rings. The van der Waals surface area contributed by atoms with Crippen LogP contribution in [0.2, 0.25) is 0 Å². The lowest BCUT2D eigenvalue weighted by Crippen LogP contribution is -2.34. The molecule has 1 amide bonds. The number of nitrogens with one attached hydrogen (secondary N) is 1. The van der Waals surface area contributed by atoms with Crippen molar-refractivity contribution < 1.29 is 14.7 Å². The smallest absolute Gasteiger partial charge is 0.328 e. The maximum Gasteiger partial charge on any atom is 0.328 e. The van der Waals surface area contributed by atoms with E-state index in [0.29, 0.717) is 11.1 Å². The van der Waals surface area contributed by atoms with E-state index in [2.05, 4.69) is 10.3 Å². The normalized spacial score (nSPS) is 16.5. The lowest BCUT2D eigenvalue weighted by atomic mass is 10.1. The number of aliphatic carboxylic acids is 1. The van der Waals surface area contributed by atoms with Crippen LogP contribution in [0.25, 0.3) is 6.08 Å². The van der Waals surface area contributed by atoms with Crippen LogP contribution in [0.15, 0.2) is 24.5 Å². The maximum absolute atomic E-state index is 11.9. The van der Waals surface area contributed by atoms with Crippen molar-refractivity contribution in [2.24, 2.45) is 0 Å². The highest BCUT2D eigenvalue weighted by molar-refractivity contribution is 5.95. The van der Waals surface area contributed by atoms with Gasteiger partial charge in [-0.05, 0) is 37.5 Å². The van der Waals surface area contributed by atoms with Crippen molar-refractivity contribution in [3.8, 4) is 0 Å². The summed E-state index contributed by atoms with van der Waals surface area (Å²) in [4.78, 5) is 26.2. The lowest BCUT2D eigenvalue weighted by molar-refractivity contribution is -0.131. The predicted molar refractivity (Wildman–Crippen MR) is 66.0 cm³/mol. The Hall–Kier alpha value is -2.17. The summed E-state index contributed by atoms with van der Waals surface area (Å²) in [7, 11) is 0. The molecule has 0 spiro atoms. The number of amides is 1. The van der Waals surface area contributed by atoms with Gasteiger partial charge in [0.2, 0.25) is 0 Å². The Balaban J connectivity index is 2.11. The summed E-state index contributed by atoms with van der Waals surface area (Å²) in [6.07, 6.45) is 7.38. The molecule has 0 atom stereocenters. The quantitative estimate of drug-likeness (QED) is 0.788. The van der Waals surface area contributed by atoms with Crippen molar-refractivity contribution in [1.29, 1.82) is 0 Å². The monoisotopic (exact) mass is 246 g/mol. The van der Waals surface area contributed by atoms with E-state index >= 15 is 0 Å². The third-order valence-electron chi connectivity index (χ3n) is 2.86. The summed E-state index contributed by atoms with van der Waals surface area (Å²) in [6, 6.07) is 1.62. The molecule has 0 bridgehead atoms.